The zero-order chi connectivity index (χ0) is 25.5. The fourth-order valence-corrected chi connectivity index (χ4v) is 4.78. The Morgan fingerprint density at radius 1 is 1.03 bits per heavy atom. The number of amides is 1. The van der Waals surface area contributed by atoms with Crippen molar-refractivity contribution in [2.24, 2.45) is 0 Å². The number of fused-ring (bicyclic) bond motifs is 1. The Balaban J connectivity index is 1.77. The Labute approximate surface area is 213 Å². The van der Waals surface area contributed by atoms with Gasteiger partial charge in [-0.1, -0.05) is 32.0 Å². The van der Waals surface area contributed by atoms with E-state index in [0.29, 0.717) is 47.2 Å². The quantitative estimate of drug-likeness (QED) is 0.402. The van der Waals surface area contributed by atoms with E-state index in [9.17, 15) is 14.0 Å². The summed E-state index contributed by atoms with van der Waals surface area (Å²) >= 11 is 3.30. The summed E-state index contributed by atoms with van der Waals surface area (Å²) in [5.74, 6) is -0.189. The van der Waals surface area contributed by atoms with Gasteiger partial charge in [-0.25, -0.2) is 9.18 Å². The molecule has 35 heavy (non-hydrogen) atoms. The molecule has 1 aliphatic rings. The van der Waals surface area contributed by atoms with Gasteiger partial charge in [0.15, 0.2) is 0 Å². The van der Waals surface area contributed by atoms with Gasteiger partial charge in [-0.2, -0.15) is 0 Å². The standard InChI is InChI=1S/C27H31BrFN3O3/c1-17(2)18-8-6-7-9-22(18)32-24-15-20(28)21(29)14-19(24)23(16-25(32)33)30-10-12-31(13-11-30)26(34)35-27(3,4)5/h6-9,14-17H,10-13H2,1-5H3. The van der Waals surface area contributed by atoms with E-state index in [4.69, 9.17) is 4.74 Å². The third-order valence-corrected chi connectivity index (χ3v) is 6.72. The SMILES string of the molecule is CC(C)c1ccccc1-n1c(=O)cc(N2CCN(C(=O)OC(C)(C)C)CC2)c2cc(F)c(Br)cc21. The number of nitrogens with zero attached hydrogens (tertiary/aromatic N) is 3. The average molecular weight is 544 g/mol. The minimum absolute atomic E-state index is 0.186. The number of carbonyl (C=O) groups excluding carboxylic acids is 1. The van der Waals surface area contributed by atoms with Crippen LogP contribution in [0.1, 0.15) is 46.1 Å². The van der Waals surface area contributed by atoms with Crippen LogP contribution in [0.5, 0.6) is 0 Å². The largest absolute Gasteiger partial charge is 0.444 e. The molecule has 1 aliphatic heterocycles. The van der Waals surface area contributed by atoms with E-state index in [1.807, 2.05) is 49.9 Å². The number of hydrogen-bond donors (Lipinski definition) is 0. The third-order valence-electron chi connectivity index (χ3n) is 6.11. The molecule has 6 nitrogen and oxygen atoms in total. The molecule has 1 amide bonds. The number of halogens is 2. The van der Waals surface area contributed by atoms with Crippen molar-refractivity contribution in [2.45, 2.75) is 46.1 Å². The number of rotatable bonds is 3. The summed E-state index contributed by atoms with van der Waals surface area (Å²) in [6.45, 7) is 11.6. The molecule has 0 atom stereocenters. The van der Waals surface area contributed by atoms with Gasteiger partial charge in [0.1, 0.15) is 11.4 Å². The van der Waals surface area contributed by atoms with Crippen molar-refractivity contribution in [2.75, 3.05) is 31.1 Å². The van der Waals surface area contributed by atoms with Gasteiger partial charge in [0.25, 0.3) is 5.56 Å². The predicted molar refractivity (Wildman–Crippen MR) is 141 cm³/mol. The fourth-order valence-electron chi connectivity index (χ4n) is 4.45. The van der Waals surface area contributed by atoms with E-state index in [1.54, 1.807) is 21.6 Å². The van der Waals surface area contributed by atoms with E-state index < -0.39 is 11.4 Å². The van der Waals surface area contributed by atoms with Gasteiger partial charge < -0.3 is 14.5 Å². The maximum Gasteiger partial charge on any atom is 0.410 e. The minimum Gasteiger partial charge on any atom is -0.444 e. The highest BCUT2D eigenvalue weighted by atomic mass is 79.9. The van der Waals surface area contributed by atoms with Crippen LogP contribution in [0.25, 0.3) is 16.6 Å². The van der Waals surface area contributed by atoms with E-state index >= 15 is 0 Å². The number of aromatic nitrogens is 1. The Hall–Kier alpha value is -2.87. The molecule has 2 heterocycles. The van der Waals surface area contributed by atoms with Crippen LogP contribution in [0.4, 0.5) is 14.9 Å². The molecule has 0 N–H and O–H groups in total. The maximum absolute atomic E-state index is 14.7. The number of anilines is 1. The molecule has 0 saturated carbocycles. The summed E-state index contributed by atoms with van der Waals surface area (Å²) in [4.78, 5) is 29.7. The predicted octanol–water partition coefficient (Wildman–Crippen LogP) is 6.07. The normalized spacial score (nSPS) is 14.6. The highest BCUT2D eigenvalue weighted by Gasteiger charge is 2.27. The van der Waals surface area contributed by atoms with Crippen LogP contribution < -0.4 is 10.5 Å². The molecule has 8 heteroatoms. The third kappa shape index (κ3) is 5.22. The highest BCUT2D eigenvalue weighted by Crippen LogP contribution is 2.33. The topological polar surface area (TPSA) is 54.8 Å². The monoisotopic (exact) mass is 543 g/mol. The molecule has 0 bridgehead atoms. The van der Waals surface area contributed by atoms with Crippen molar-refractivity contribution in [3.05, 3.63) is 68.7 Å². The fraction of sp³-hybridized carbons (Fsp3) is 0.407. The van der Waals surface area contributed by atoms with E-state index in [2.05, 4.69) is 29.8 Å². The summed E-state index contributed by atoms with van der Waals surface area (Å²) in [5, 5.41) is 0.648. The molecule has 0 aliphatic carbocycles. The number of para-hydroxylation sites is 1. The van der Waals surface area contributed by atoms with Crippen molar-refractivity contribution >= 4 is 38.6 Å². The first-order valence-electron chi connectivity index (χ1n) is 11.8. The molecule has 0 spiro atoms. The smallest absolute Gasteiger partial charge is 0.410 e. The van der Waals surface area contributed by atoms with Gasteiger partial charge in [-0.3, -0.25) is 9.36 Å². The summed E-state index contributed by atoms with van der Waals surface area (Å²) in [7, 11) is 0. The Kier molecular flexibility index (Phi) is 6.95. The lowest BCUT2D eigenvalue weighted by atomic mass is 10.0. The minimum atomic E-state index is -0.563. The summed E-state index contributed by atoms with van der Waals surface area (Å²) < 4.78 is 22.2. The van der Waals surface area contributed by atoms with Crippen LogP contribution >= 0.6 is 15.9 Å². The maximum atomic E-state index is 14.7. The molecule has 2 aromatic carbocycles. The van der Waals surface area contributed by atoms with Gasteiger partial charge in [0, 0.05) is 37.6 Å². The van der Waals surface area contributed by atoms with Crippen molar-refractivity contribution in [1.29, 1.82) is 0 Å². The molecule has 0 radical (unpaired) electrons. The molecule has 3 aromatic rings. The first-order valence-corrected chi connectivity index (χ1v) is 12.6. The molecule has 1 aromatic heterocycles. The first kappa shape index (κ1) is 25.2. The second-order valence-electron chi connectivity index (χ2n) is 10.2. The molecular weight excluding hydrogens is 513 g/mol. The lowest BCUT2D eigenvalue weighted by Gasteiger charge is -2.37. The van der Waals surface area contributed by atoms with E-state index in [1.165, 1.54) is 6.07 Å². The van der Waals surface area contributed by atoms with Crippen molar-refractivity contribution in [1.82, 2.24) is 9.47 Å². The number of carbonyl (C=O) groups is 1. The van der Waals surface area contributed by atoms with E-state index in [0.717, 1.165) is 11.3 Å². The van der Waals surface area contributed by atoms with Crippen LogP contribution in [0.2, 0.25) is 0 Å². The summed E-state index contributed by atoms with van der Waals surface area (Å²) in [6.07, 6.45) is -0.349. The van der Waals surface area contributed by atoms with Crippen LogP contribution in [-0.4, -0.2) is 47.3 Å². The van der Waals surface area contributed by atoms with Crippen LogP contribution in [-0.2, 0) is 4.74 Å². The number of benzene rings is 2. The summed E-state index contributed by atoms with van der Waals surface area (Å²) in [6, 6.07) is 12.5. The van der Waals surface area contributed by atoms with Crippen LogP contribution in [0, 0.1) is 5.82 Å². The van der Waals surface area contributed by atoms with Crippen molar-refractivity contribution in [3.63, 3.8) is 0 Å². The van der Waals surface area contributed by atoms with Crippen molar-refractivity contribution in [3.8, 4) is 5.69 Å². The molecule has 1 fully saturated rings. The highest BCUT2D eigenvalue weighted by molar-refractivity contribution is 9.10. The molecule has 0 unspecified atom stereocenters. The lowest BCUT2D eigenvalue weighted by molar-refractivity contribution is 0.0240. The zero-order valence-corrected chi connectivity index (χ0v) is 22.4. The lowest BCUT2D eigenvalue weighted by Crippen LogP contribution is -2.50. The van der Waals surface area contributed by atoms with Gasteiger partial charge in [0.05, 0.1) is 21.4 Å². The van der Waals surface area contributed by atoms with Gasteiger partial charge in [0.2, 0.25) is 0 Å². The summed E-state index contributed by atoms with van der Waals surface area (Å²) in [5.41, 5.74) is 2.37. The first-order chi connectivity index (χ1) is 16.5. The van der Waals surface area contributed by atoms with Crippen LogP contribution in [0.15, 0.2) is 51.7 Å². The number of piperazine rings is 1. The Morgan fingerprint density at radius 2 is 1.69 bits per heavy atom. The van der Waals surface area contributed by atoms with Gasteiger partial charge in [-0.05, 0) is 66.4 Å². The molecular formula is C27H31BrFN3O3. The Bertz CT molecular complexity index is 1320. The number of pyridine rings is 1. The van der Waals surface area contributed by atoms with Crippen LogP contribution in [0.3, 0.4) is 0 Å². The average Bonchev–Trinajstić information content (AvgIpc) is 2.79. The Morgan fingerprint density at radius 3 is 2.31 bits per heavy atom. The van der Waals surface area contributed by atoms with Crippen molar-refractivity contribution < 1.29 is 13.9 Å². The number of hydrogen-bond acceptors (Lipinski definition) is 4. The molecule has 4 rings (SSSR count). The van der Waals surface area contributed by atoms with E-state index in [-0.39, 0.29) is 17.6 Å². The second-order valence-corrected chi connectivity index (χ2v) is 11.0. The second kappa shape index (κ2) is 9.64. The number of ether oxygens (including phenoxy) is 1. The zero-order valence-electron chi connectivity index (χ0n) is 20.8. The van der Waals surface area contributed by atoms with Gasteiger partial charge >= 0.3 is 6.09 Å². The molecule has 1 saturated heterocycles. The van der Waals surface area contributed by atoms with Gasteiger partial charge in [-0.15, -0.1) is 0 Å². The molecule has 186 valence electrons.